The summed E-state index contributed by atoms with van der Waals surface area (Å²) in [6, 6.07) is 0.638. The van der Waals surface area contributed by atoms with Crippen LogP contribution in [0.2, 0.25) is 0 Å². The zero-order valence-electron chi connectivity index (χ0n) is 13.2. The minimum Gasteiger partial charge on any atom is -0.329 e. The van der Waals surface area contributed by atoms with E-state index in [0.717, 1.165) is 19.0 Å². The van der Waals surface area contributed by atoms with Gasteiger partial charge in [-0.05, 0) is 53.2 Å². The highest BCUT2D eigenvalue weighted by atomic mass is 15.3. The fraction of sp³-hybridized carbons (Fsp3) is 1.00. The number of nitrogens with zero attached hydrogens (tertiary/aromatic N) is 3. The molecule has 0 saturated carbocycles. The molecule has 0 amide bonds. The first-order chi connectivity index (χ1) is 8.97. The van der Waals surface area contributed by atoms with Crippen LogP contribution in [0, 0.1) is 5.92 Å². The molecule has 2 atom stereocenters. The smallest absolute Gasteiger partial charge is 0.0467 e. The van der Waals surface area contributed by atoms with Crippen LogP contribution in [0.15, 0.2) is 0 Å². The molecule has 19 heavy (non-hydrogen) atoms. The van der Waals surface area contributed by atoms with Crippen molar-refractivity contribution in [1.29, 1.82) is 0 Å². The standard InChI is InChI=1S/C15H32N4/c1-13(2)19-8-6-15(11-16,12-19)18(4)10-14-5-7-17(3)9-14/h13-14H,5-12,16H2,1-4H3. The first-order valence-electron chi connectivity index (χ1n) is 7.81. The van der Waals surface area contributed by atoms with Gasteiger partial charge < -0.3 is 10.6 Å². The van der Waals surface area contributed by atoms with Crippen molar-refractivity contribution in [2.24, 2.45) is 11.7 Å². The molecule has 0 aromatic rings. The highest BCUT2D eigenvalue weighted by molar-refractivity contribution is 5.00. The summed E-state index contributed by atoms with van der Waals surface area (Å²) in [6.07, 6.45) is 2.57. The van der Waals surface area contributed by atoms with Gasteiger partial charge in [0, 0.05) is 44.3 Å². The van der Waals surface area contributed by atoms with Crippen molar-refractivity contribution in [2.75, 3.05) is 53.4 Å². The maximum absolute atomic E-state index is 6.15. The summed E-state index contributed by atoms with van der Waals surface area (Å²) in [6.45, 7) is 11.4. The monoisotopic (exact) mass is 268 g/mol. The topological polar surface area (TPSA) is 35.7 Å². The summed E-state index contributed by atoms with van der Waals surface area (Å²) < 4.78 is 0. The lowest BCUT2D eigenvalue weighted by atomic mass is 9.94. The average Bonchev–Trinajstić information content (AvgIpc) is 2.96. The SMILES string of the molecule is CC(C)N1CCC(CN)(N(C)CC2CCN(C)C2)C1. The Bertz CT molecular complexity index is 294. The predicted octanol–water partition coefficient (Wildman–Crippen LogP) is 0.682. The second-order valence-corrected chi connectivity index (χ2v) is 7.04. The van der Waals surface area contributed by atoms with E-state index in [9.17, 15) is 0 Å². The van der Waals surface area contributed by atoms with Crippen LogP contribution in [0.1, 0.15) is 26.7 Å². The van der Waals surface area contributed by atoms with E-state index >= 15 is 0 Å². The van der Waals surface area contributed by atoms with Crippen LogP contribution >= 0.6 is 0 Å². The van der Waals surface area contributed by atoms with E-state index in [0.29, 0.717) is 6.04 Å². The van der Waals surface area contributed by atoms with Crippen LogP contribution in [0.4, 0.5) is 0 Å². The minimum absolute atomic E-state index is 0.214. The van der Waals surface area contributed by atoms with Gasteiger partial charge in [0.05, 0.1) is 0 Å². The summed E-state index contributed by atoms with van der Waals surface area (Å²) in [5, 5.41) is 0. The largest absolute Gasteiger partial charge is 0.329 e. The third-order valence-electron chi connectivity index (χ3n) is 5.30. The molecule has 2 aliphatic heterocycles. The minimum atomic E-state index is 0.214. The second kappa shape index (κ2) is 6.08. The van der Waals surface area contributed by atoms with Crippen LogP contribution in [-0.4, -0.2) is 79.6 Å². The van der Waals surface area contributed by atoms with Crippen molar-refractivity contribution in [3.05, 3.63) is 0 Å². The molecular weight excluding hydrogens is 236 g/mol. The Morgan fingerprint density at radius 1 is 1.37 bits per heavy atom. The number of hydrogen-bond donors (Lipinski definition) is 1. The Hall–Kier alpha value is -0.160. The fourth-order valence-corrected chi connectivity index (χ4v) is 3.72. The predicted molar refractivity (Wildman–Crippen MR) is 81.3 cm³/mol. The van der Waals surface area contributed by atoms with E-state index in [1.165, 1.54) is 39.0 Å². The molecule has 2 aliphatic rings. The molecule has 2 fully saturated rings. The number of likely N-dealkylation sites (N-methyl/N-ethyl adjacent to an activating group) is 1. The second-order valence-electron chi connectivity index (χ2n) is 7.04. The van der Waals surface area contributed by atoms with E-state index in [1.807, 2.05) is 0 Å². The average molecular weight is 268 g/mol. The molecule has 2 unspecified atom stereocenters. The summed E-state index contributed by atoms with van der Waals surface area (Å²) in [5.41, 5.74) is 6.37. The Labute approximate surface area is 118 Å². The lowest BCUT2D eigenvalue weighted by molar-refractivity contribution is 0.106. The molecule has 4 nitrogen and oxygen atoms in total. The molecule has 2 rings (SSSR count). The van der Waals surface area contributed by atoms with E-state index in [2.05, 4.69) is 42.6 Å². The zero-order valence-corrected chi connectivity index (χ0v) is 13.2. The molecule has 0 spiro atoms. The molecule has 112 valence electrons. The molecule has 0 aromatic heterocycles. The first kappa shape index (κ1) is 15.2. The van der Waals surface area contributed by atoms with Gasteiger partial charge in [0.1, 0.15) is 0 Å². The van der Waals surface area contributed by atoms with Crippen LogP contribution in [-0.2, 0) is 0 Å². The third kappa shape index (κ3) is 3.30. The van der Waals surface area contributed by atoms with E-state index in [1.54, 1.807) is 0 Å². The van der Waals surface area contributed by atoms with Crippen molar-refractivity contribution in [3.8, 4) is 0 Å². The molecule has 4 heteroatoms. The fourth-order valence-electron chi connectivity index (χ4n) is 3.72. The first-order valence-corrected chi connectivity index (χ1v) is 7.81. The van der Waals surface area contributed by atoms with Gasteiger partial charge in [-0.25, -0.2) is 0 Å². The van der Waals surface area contributed by atoms with Gasteiger partial charge >= 0.3 is 0 Å². The zero-order chi connectivity index (χ0) is 14.0. The molecule has 0 radical (unpaired) electrons. The number of hydrogen-bond acceptors (Lipinski definition) is 4. The van der Waals surface area contributed by atoms with Gasteiger partial charge in [0.15, 0.2) is 0 Å². The van der Waals surface area contributed by atoms with Gasteiger partial charge in [-0.2, -0.15) is 0 Å². The van der Waals surface area contributed by atoms with Crippen molar-refractivity contribution in [2.45, 2.75) is 38.3 Å². The summed E-state index contributed by atoms with van der Waals surface area (Å²) in [4.78, 5) is 7.59. The van der Waals surface area contributed by atoms with Gasteiger partial charge in [-0.15, -0.1) is 0 Å². The Balaban J connectivity index is 1.93. The third-order valence-corrected chi connectivity index (χ3v) is 5.30. The molecule has 0 bridgehead atoms. The van der Waals surface area contributed by atoms with Crippen molar-refractivity contribution in [1.82, 2.24) is 14.7 Å². The van der Waals surface area contributed by atoms with Crippen LogP contribution in [0.5, 0.6) is 0 Å². The Morgan fingerprint density at radius 3 is 2.58 bits per heavy atom. The molecule has 2 N–H and O–H groups in total. The molecular formula is C15H32N4. The molecule has 0 aliphatic carbocycles. The number of nitrogens with two attached hydrogens (primary N) is 1. The van der Waals surface area contributed by atoms with E-state index < -0.39 is 0 Å². The van der Waals surface area contributed by atoms with Crippen molar-refractivity contribution in [3.63, 3.8) is 0 Å². The number of rotatable bonds is 5. The van der Waals surface area contributed by atoms with Gasteiger partial charge in [-0.3, -0.25) is 9.80 Å². The normalized spacial score (nSPS) is 33.9. The summed E-state index contributed by atoms with van der Waals surface area (Å²) in [5.74, 6) is 0.825. The van der Waals surface area contributed by atoms with E-state index in [4.69, 9.17) is 5.73 Å². The highest BCUT2D eigenvalue weighted by Gasteiger charge is 2.41. The van der Waals surface area contributed by atoms with Gasteiger partial charge in [0.25, 0.3) is 0 Å². The Morgan fingerprint density at radius 2 is 2.11 bits per heavy atom. The summed E-state index contributed by atoms with van der Waals surface area (Å²) >= 11 is 0. The van der Waals surface area contributed by atoms with Crippen molar-refractivity contribution < 1.29 is 0 Å². The molecule has 2 saturated heterocycles. The lowest BCUT2D eigenvalue weighted by Gasteiger charge is -2.39. The summed E-state index contributed by atoms with van der Waals surface area (Å²) in [7, 11) is 4.52. The van der Waals surface area contributed by atoms with Crippen molar-refractivity contribution >= 4 is 0 Å². The molecule has 0 aromatic carbocycles. The Kier molecular flexibility index (Phi) is 4.88. The maximum atomic E-state index is 6.15. The van der Waals surface area contributed by atoms with E-state index in [-0.39, 0.29) is 5.54 Å². The van der Waals surface area contributed by atoms with Crippen LogP contribution in [0.25, 0.3) is 0 Å². The molecule has 2 heterocycles. The highest BCUT2D eigenvalue weighted by Crippen LogP contribution is 2.29. The van der Waals surface area contributed by atoms with Gasteiger partial charge in [-0.1, -0.05) is 0 Å². The van der Waals surface area contributed by atoms with Crippen LogP contribution in [0.3, 0.4) is 0 Å². The number of likely N-dealkylation sites (tertiary alicyclic amines) is 2. The van der Waals surface area contributed by atoms with Gasteiger partial charge in [0.2, 0.25) is 0 Å². The quantitative estimate of drug-likeness (QED) is 0.795. The lowest BCUT2D eigenvalue weighted by Crippen LogP contribution is -2.55. The maximum Gasteiger partial charge on any atom is 0.0467 e. The van der Waals surface area contributed by atoms with Crippen LogP contribution < -0.4 is 5.73 Å².